The topological polar surface area (TPSA) is 13.0 Å². The second kappa shape index (κ2) is 3.82. The molecule has 2 aliphatic heterocycles. The van der Waals surface area contributed by atoms with Crippen LogP contribution in [0.15, 0.2) is 24.8 Å². The molecule has 0 saturated heterocycles. The van der Waals surface area contributed by atoms with Crippen LogP contribution in [0, 0.1) is 0 Å². The fraction of sp³-hybridized carbons (Fsp3) is 0.600. The van der Waals surface area contributed by atoms with Crippen LogP contribution >= 0.6 is 0 Å². The molecule has 0 spiro atoms. The van der Waals surface area contributed by atoms with Gasteiger partial charge in [-0.2, -0.15) is 0 Å². The molecule has 78 valence electrons. The van der Waals surface area contributed by atoms with Crippen LogP contribution in [0.4, 0.5) is 0 Å². The van der Waals surface area contributed by atoms with Gasteiger partial charge in [-0.15, -0.1) is 0 Å². The fourth-order valence-electron chi connectivity index (χ4n) is 1.73. The summed E-state index contributed by atoms with van der Waals surface area (Å²) in [6, 6.07) is 0. The smallest absolute Gasteiger partial charge is 0.0891 e. The van der Waals surface area contributed by atoms with E-state index in [0.717, 1.165) is 26.4 Å². The maximum Gasteiger partial charge on any atom is 0.0891 e. The predicted octanol–water partition coefficient (Wildman–Crippen LogP) is 0.339. The molecule has 0 unspecified atom stereocenters. The summed E-state index contributed by atoms with van der Waals surface area (Å²) in [5.74, 6) is 0. The monoisotopic (exact) mass is 194 g/mol. The Labute approximate surface area is 85.7 Å². The van der Waals surface area contributed by atoms with Crippen molar-refractivity contribution in [3.05, 3.63) is 24.8 Å². The average Bonchev–Trinajstić information content (AvgIpc) is 2.72. The lowest BCUT2D eigenvalue weighted by atomic mass is 10.5. The lowest BCUT2D eigenvalue weighted by Gasteiger charge is -2.23. The largest absolute Gasteiger partial charge is 0.362 e. The van der Waals surface area contributed by atoms with Crippen LogP contribution in [0.25, 0.3) is 0 Å². The van der Waals surface area contributed by atoms with Gasteiger partial charge in [0.2, 0.25) is 0 Å². The first kappa shape index (κ1) is 9.24. The normalized spacial score (nSPS) is 20.4. The van der Waals surface area contributed by atoms with E-state index in [1.807, 2.05) is 0 Å². The molecule has 4 nitrogen and oxygen atoms in total. The molecule has 2 rings (SSSR count). The van der Waals surface area contributed by atoms with E-state index in [4.69, 9.17) is 0 Å². The summed E-state index contributed by atoms with van der Waals surface area (Å²) in [6.45, 7) is 4.23. The van der Waals surface area contributed by atoms with Gasteiger partial charge in [-0.05, 0) is 0 Å². The average molecular weight is 194 g/mol. The van der Waals surface area contributed by atoms with Crippen LogP contribution in [-0.4, -0.2) is 60.1 Å². The Morgan fingerprint density at radius 2 is 1.21 bits per heavy atom. The van der Waals surface area contributed by atoms with E-state index in [-0.39, 0.29) is 0 Å². The molecular weight excluding hydrogens is 176 g/mol. The summed E-state index contributed by atoms with van der Waals surface area (Å²) < 4.78 is 0. The third-order valence-electron chi connectivity index (χ3n) is 2.55. The molecule has 4 heteroatoms. The van der Waals surface area contributed by atoms with Gasteiger partial charge >= 0.3 is 0 Å². The summed E-state index contributed by atoms with van der Waals surface area (Å²) in [6.07, 6.45) is 8.55. The first-order valence-corrected chi connectivity index (χ1v) is 4.99. The zero-order valence-corrected chi connectivity index (χ0v) is 8.93. The molecule has 0 aromatic heterocycles. The molecule has 0 saturated carbocycles. The SMILES string of the molecule is CN1C=CN(CCN2C=CN(C)C2)C1. The summed E-state index contributed by atoms with van der Waals surface area (Å²) in [5.41, 5.74) is 0. The minimum atomic E-state index is 1.02. The van der Waals surface area contributed by atoms with Crippen molar-refractivity contribution < 1.29 is 0 Å². The maximum atomic E-state index is 2.33. The third-order valence-corrected chi connectivity index (χ3v) is 2.55. The Bertz CT molecular complexity index is 223. The van der Waals surface area contributed by atoms with Crippen molar-refractivity contribution in [1.29, 1.82) is 0 Å². The van der Waals surface area contributed by atoms with E-state index in [2.05, 4.69) is 58.5 Å². The van der Waals surface area contributed by atoms with Gasteiger partial charge in [0.1, 0.15) is 0 Å². The number of nitrogens with zero attached hydrogens (tertiary/aromatic N) is 4. The molecule has 0 fully saturated rings. The third kappa shape index (κ3) is 2.13. The number of hydrogen-bond acceptors (Lipinski definition) is 4. The Hall–Kier alpha value is -1.32. The lowest BCUT2D eigenvalue weighted by Crippen LogP contribution is -2.32. The summed E-state index contributed by atoms with van der Waals surface area (Å²) >= 11 is 0. The van der Waals surface area contributed by atoms with Gasteiger partial charge in [0.05, 0.1) is 13.3 Å². The predicted molar refractivity (Wildman–Crippen MR) is 57.0 cm³/mol. The number of hydrogen-bond donors (Lipinski definition) is 0. The molecule has 0 amide bonds. The van der Waals surface area contributed by atoms with Gasteiger partial charge < -0.3 is 19.6 Å². The van der Waals surface area contributed by atoms with Crippen molar-refractivity contribution in [2.45, 2.75) is 0 Å². The zero-order valence-electron chi connectivity index (χ0n) is 8.93. The molecule has 0 aromatic rings. The van der Waals surface area contributed by atoms with Crippen LogP contribution < -0.4 is 0 Å². The Kier molecular flexibility index (Phi) is 2.52. The Balaban J connectivity index is 1.68. The lowest BCUT2D eigenvalue weighted by molar-refractivity contribution is 0.239. The maximum absolute atomic E-state index is 2.33. The standard InChI is InChI=1S/C10H18N4/c1-11-3-5-13(9-11)7-8-14-6-4-12(2)10-14/h3-6H,7-10H2,1-2H3. The summed E-state index contributed by atoms with van der Waals surface area (Å²) in [5, 5.41) is 0. The summed E-state index contributed by atoms with van der Waals surface area (Å²) in [4.78, 5) is 9.02. The van der Waals surface area contributed by atoms with Crippen LogP contribution in [-0.2, 0) is 0 Å². The molecule has 2 aliphatic rings. The highest BCUT2D eigenvalue weighted by molar-refractivity contribution is 4.92. The molecule has 0 radical (unpaired) electrons. The van der Waals surface area contributed by atoms with Gasteiger partial charge in [-0.3, -0.25) is 0 Å². The Morgan fingerprint density at radius 1 is 0.786 bits per heavy atom. The minimum Gasteiger partial charge on any atom is -0.362 e. The van der Waals surface area contributed by atoms with Crippen LogP contribution in [0.5, 0.6) is 0 Å². The van der Waals surface area contributed by atoms with Crippen molar-refractivity contribution in [2.24, 2.45) is 0 Å². The van der Waals surface area contributed by atoms with Crippen molar-refractivity contribution in [1.82, 2.24) is 19.6 Å². The highest BCUT2D eigenvalue weighted by Crippen LogP contribution is 2.06. The first-order valence-electron chi connectivity index (χ1n) is 4.99. The molecule has 0 aliphatic carbocycles. The van der Waals surface area contributed by atoms with Crippen molar-refractivity contribution in [3.8, 4) is 0 Å². The van der Waals surface area contributed by atoms with Gasteiger partial charge in [-0.1, -0.05) is 0 Å². The van der Waals surface area contributed by atoms with Gasteiger partial charge in [0.15, 0.2) is 0 Å². The Morgan fingerprint density at radius 3 is 1.50 bits per heavy atom. The number of rotatable bonds is 3. The quantitative estimate of drug-likeness (QED) is 0.642. The molecule has 0 bridgehead atoms. The van der Waals surface area contributed by atoms with Crippen molar-refractivity contribution in [3.63, 3.8) is 0 Å². The highest BCUT2D eigenvalue weighted by Gasteiger charge is 2.11. The zero-order chi connectivity index (χ0) is 9.97. The van der Waals surface area contributed by atoms with Crippen molar-refractivity contribution >= 4 is 0 Å². The van der Waals surface area contributed by atoms with Crippen LogP contribution in [0.3, 0.4) is 0 Å². The molecule has 0 aromatic carbocycles. The summed E-state index contributed by atoms with van der Waals surface area (Å²) in [7, 11) is 4.19. The molecule has 0 atom stereocenters. The van der Waals surface area contributed by atoms with Gasteiger partial charge in [-0.25, -0.2) is 0 Å². The van der Waals surface area contributed by atoms with E-state index in [1.54, 1.807) is 0 Å². The van der Waals surface area contributed by atoms with Crippen molar-refractivity contribution in [2.75, 3.05) is 40.5 Å². The highest BCUT2D eigenvalue weighted by atomic mass is 15.4. The van der Waals surface area contributed by atoms with Gasteiger partial charge in [0.25, 0.3) is 0 Å². The molecule has 0 N–H and O–H groups in total. The molecule has 14 heavy (non-hydrogen) atoms. The van der Waals surface area contributed by atoms with Gasteiger partial charge in [0, 0.05) is 52.0 Å². The second-order valence-electron chi connectivity index (χ2n) is 4.02. The van der Waals surface area contributed by atoms with E-state index >= 15 is 0 Å². The fourth-order valence-corrected chi connectivity index (χ4v) is 1.73. The molecular formula is C10H18N4. The van der Waals surface area contributed by atoms with E-state index in [0.29, 0.717) is 0 Å². The van der Waals surface area contributed by atoms with Crippen LogP contribution in [0.2, 0.25) is 0 Å². The minimum absolute atomic E-state index is 1.02. The van der Waals surface area contributed by atoms with E-state index in [1.165, 1.54) is 0 Å². The first-order chi connectivity index (χ1) is 6.74. The van der Waals surface area contributed by atoms with Crippen LogP contribution in [0.1, 0.15) is 0 Å². The van der Waals surface area contributed by atoms with E-state index in [9.17, 15) is 0 Å². The molecule has 2 heterocycles. The second-order valence-corrected chi connectivity index (χ2v) is 4.02. The van der Waals surface area contributed by atoms with E-state index < -0.39 is 0 Å².